The van der Waals surface area contributed by atoms with E-state index < -0.39 is 0 Å². The number of carbonyl (C=O) groups is 1. The van der Waals surface area contributed by atoms with Crippen molar-refractivity contribution in [3.05, 3.63) is 23.0 Å². The first-order valence-electron chi connectivity index (χ1n) is 6.38. The van der Waals surface area contributed by atoms with Gasteiger partial charge in [0.25, 0.3) is 0 Å². The van der Waals surface area contributed by atoms with E-state index >= 15 is 0 Å². The Morgan fingerprint density at radius 1 is 1.22 bits per heavy atom. The molecule has 0 aliphatic rings. The molecule has 0 amide bonds. The van der Waals surface area contributed by atoms with Crippen molar-refractivity contribution >= 4 is 5.97 Å². The maximum absolute atomic E-state index is 12.0. The summed E-state index contributed by atoms with van der Waals surface area (Å²) in [5, 5.41) is 0. The van der Waals surface area contributed by atoms with Gasteiger partial charge in [0.15, 0.2) is 0 Å². The second-order valence-corrected chi connectivity index (χ2v) is 4.21. The molecule has 0 radical (unpaired) electrons. The van der Waals surface area contributed by atoms with Gasteiger partial charge >= 0.3 is 5.97 Å². The largest absolute Gasteiger partial charge is 0.493 e. The zero-order chi connectivity index (χ0) is 13.5. The third-order valence-corrected chi connectivity index (χ3v) is 2.40. The number of ether oxygens (including phenoxy) is 2. The van der Waals surface area contributed by atoms with Gasteiger partial charge in [0.1, 0.15) is 11.3 Å². The zero-order valence-electron chi connectivity index (χ0n) is 11.6. The number of pyridine rings is 1. The predicted octanol–water partition coefficient (Wildman–Crippen LogP) is 3.05. The highest BCUT2D eigenvalue weighted by Crippen LogP contribution is 2.23. The average molecular weight is 251 g/mol. The van der Waals surface area contributed by atoms with Crippen molar-refractivity contribution in [1.29, 1.82) is 0 Å². The van der Waals surface area contributed by atoms with Gasteiger partial charge in [-0.3, -0.25) is 4.98 Å². The second-order valence-electron chi connectivity index (χ2n) is 4.21. The SMILES string of the molecule is CCCOC(=O)c1c(OCCC)cc(C)nc1C. The second kappa shape index (κ2) is 6.99. The monoisotopic (exact) mass is 251 g/mol. The normalized spacial score (nSPS) is 10.2. The summed E-state index contributed by atoms with van der Waals surface area (Å²) in [5.41, 5.74) is 1.94. The van der Waals surface area contributed by atoms with Gasteiger partial charge < -0.3 is 9.47 Å². The van der Waals surface area contributed by atoms with Crippen LogP contribution in [-0.4, -0.2) is 24.2 Å². The molecule has 0 fully saturated rings. The summed E-state index contributed by atoms with van der Waals surface area (Å²) in [6.07, 6.45) is 1.69. The standard InChI is InChI=1S/C14H21NO3/c1-5-7-17-12-9-10(3)15-11(4)13(12)14(16)18-8-6-2/h9H,5-8H2,1-4H3. The Labute approximate surface area is 108 Å². The maximum Gasteiger partial charge on any atom is 0.343 e. The van der Waals surface area contributed by atoms with Crippen molar-refractivity contribution < 1.29 is 14.3 Å². The molecule has 0 saturated carbocycles. The molecular weight excluding hydrogens is 230 g/mol. The molecule has 18 heavy (non-hydrogen) atoms. The Morgan fingerprint density at radius 2 is 1.89 bits per heavy atom. The van der Waals surface area contributed by atoms with Gasteiger partial charge in [0.05, 0.1) is 18.9 Å². The molecule has 0 bridgehead atoms. The summed E-state index contributed by atoms with van der Waals surface area (Å²) in [5.74, 6) is 0.218. The lowest BCUT2D eigenvalue weighted by Crippen LogP contribution is -2.12. The topological polar surface area (TPSA) is 48.4 Å². The molecule has 0 spiro atoms. The van der Waals surface area contributed by atoms with Gasteiger partial charge in [-0.05, 0) is 26.7 Å². The van der Waals surface area contributed by atoms with E-state index in [1.54, 1.807) is 13.0 Å². The van der Waals surface area contributed by atoms with Crippen molar-refractivity contribution in [1.82, 2.24) is 4.98 Å². The lowest BCUT2D eigenvalue weighted by atomic mass is 10.1. The van der Waals surface area contributed by atoms with Crippen LogP contribution in [0.1, 0.15) is 48.4 Å². The van der Waals surface area contributed by atoms with Gasteiger partial charge in [-0.25, -0.2) is 4.79 Å². The summed E-state index contributed by atoms with van der Waals surface area (Å²) in [6, 6.07) is 1.78. The third kappa shape index (κ3) is 3.72. The van der Waals surface area contributed by atoms with Gasteiger partial charge in [0.2, 0.25) is 0 Å². The molecule has 0 aliphatic heterocycles. The van der Waals surface area contributed by atoms with E-state index in [1.165, 1.54) is 0 Å². The predicted molar refractivity (Wildman–Crippen MR) is 70.1 cm³/mol. The fourth-order valence-electron chi connectivity index (χ4n) is 1.63. The number of esters is 1. The molecule has 4 nitrogen and oxygen atoms in total. The molecule has 1 rings (SSSR count). The van der Waals surface area contributed by atoms with E-state index in [2.05, 4.69) is 4.98 Å². The van der Waals surface area contributed by atoms with Gasteiger partial charge in [-0.1, -0.05) is 13.8 Å². The number of aryl methyl sites for hydroxylation is 2. The van der Waals surface area contributed by atoms with E-state index in [4.69, 9.17) is 9.47 Å². The van der Waals surface area contributed by atoms with Crippen LogP contribution in [0.3, 0.4) is 0 Å². The minimum absolute atomic E-state index is 0.354. The highest BCUT2D eigenvalue weighted by Gasteiger charge is 2.18. The third-order valence-electron chi connectivity index (χ3n) is 2.40. The van der Waals surface area contributed by atoms with Crippen LogP contribution >= 0.6 is 0 Å². The van der Waals surface area contributed by atoms with Crippen LogP contribution in [0.25, 0.3) is 0 Å². The Kier molecular flexibility index (Phi) is 5.62. The Balaban J connectivity index is 3.02. The van der Waals surface area contributed by atoms with Crippen LogP contribution in [0, 0.1) is 13.8 Å². The smallest absolute Gasteiger partial charge is 0.343 e. The fourth-order valence-corrected chi connectivity index (χ4v) is 1.63. The van der Waals surface area contributed by atoms with E-state index in [1.807, 2.05) is 20.8 Å². The van der Waals surface area contributed by atoms with E-state index in [0.717, 1.165) is 18.5 Å². The molecule has 0 N–H and O–H groups in total. The molecule has 1 aromatic heterocycles. The molecule has 100 valence electrons. The van der Waals surface area contributed by atoms with Crippen molar-refractivity contribution in [2.75, 3.05) is 13.2 Å². The number of rotatable bonds is 6. The fraction of sp³-hybridized carbons (Fsp3) is 0.571. The first-order valence-corrected chi connectivity index (χ1v) is 6.38. The highest BCUT2D eigenvalue weighted by molar-refractivity contribution is 5.93. The summed E-state index contributed by atoms with van der Waals surface area (Å²) < 4.78 is 10.8. The molecule has 0 unspecified atom stereocenters. The lowest BCUT2D eigenvalue weighted by Gasteiger charge is -2.13. The maximum atomic E-state index is 12.0. The van der Waals surface area contributed by atoms with Crippen LogP contribution in [0.15, 0.2) is 6.07 Å². The molecule has 1 aromatic rings. The van der Waals surface area contributed by atoms with Crippen molar-refractivity contribution in [3.8, 4) is 5.75 Å². The molecule has 1 heterocycles. The zero-order valence-corrected chi connectivity index (χ0v) is 11.6. The first-order chi connectivity index (χ1) is 8.60. The summed E-state index contributed by atoms with van der Waals surface area (Å²) >= 11 is 0. The number of hydrogen-bond acceptors (Lipinski definition) is 4. The molecular formula is C14H21NO3. The van der Waals surface area contributed by atoms with Crippen LogP contribution in [-0.2, 0) is 4.74 Å². The summed E-state index contributed by atoms with van der Waals surface area (Å²) in [4.78, 5) is 16.3. The van der Waals surface area contributed by atoms with Crippen LogP contribution in [0.2, 0.25) is 0 Å². The van der Waals surface area contributed by atoms with Crippen molar-refractivity contribution in [2.24, 2.45) is 0 Å². The minimum Gasteiger partial charge on any atom is -0.493 e. The van der Waals surface area contributed by atoms with E-state index in [9.17, 15) is 4.79 Å². The highest BCUT2D eigenvalue weighted by atomic mass is 16.5. The van der Waals surface area contributed by atoms with Crippen LogP contribution in [0.4, 0.5) is 0 Å². The average Bonchev–Trinajstić information content (AvgIpc) is 2.32. The summed E-state index contributed by atoms with van der Waals surface area (Å²) in [6.45, 7) is 8.66. The quantitative estimate of drug-likeness (QED) is 0.729. The molecule has 0 aromatic carbocycles. The summed E-state index contributed by atoms with van der Waals surface area (Å²) in [7, 11) is 0. The van der Waals surface area contributed by atoms with Crippen LogP contribution in [0.5, 0.6) is 5.75 Å². The number of aromatic nitrogens is 1. The van der Waals surface area contributed by atoms with Crippen molar-refractivity contribution in [2.45, 2.75) is 40.5 Å². The Hall–Kier alpha value is -1.58. The number of carbonyl (C=O) groups excluding carboxylic acids is 1. The Morgan fingerprint density at radius 3 is 2.50 bits per heavy atom. The number of nitrogens with zero attached hydrogens (tertiary/aromatic N) is 1. The molecule has 4 heteroatoms. The van der Waals surface area contributed by atoms with E-state index in [0.29, 0.717) is 30.2 Å². The van der Waals surface area contributed by atoms with Gasteiger partial charge in [-0.15, -0.1) is 0 Å². The van der Waals surface area contributed by atoms with Crippen molar-refractivity contribution in [3.63, 3.8) is 0 Å². The molecule has 0 atom stereocenters. The molecule has 0 aliphatic carbocycles. The number of hydrogen-bond donors (Lipinski definition) is 0. The van der Waals surface area contributed by atoms with Gasteiger partial charge in [-0.2, -0.15) is 0 Å². The van der Waals surface area contributed by atoms with Crippen LogP contribution < -0.4 is 4.74 Å². The molecule has 0 saturated heterocycles. The first kappa shape index (κ1) is 14.5. The Bertz CT molecular complexity index is 416. The van der Waals surface area contributed by atoms with Gasteiger partial charge in [0, 0.05) is 11.8 Å². The lowest BCUT2D eigenvalue weighted by molar-refractivity contribution is 0.0499. The van der Waals surface area contributed by atoms with E-state index in [-0.39, 0.29) is 5.97 Å². The minimum atomic E-state index is -0.354.